The van der Waals surface area contributed by atoms with Crippen LogP contribution in [0.15, 0.2) is 11.6 Å². The fourth-order valence-corrected chi connectivity index (χ4v) is 8.58. The molecule has 178 valence electrons. The van der Waals surface area contributed by atoms with Crippen molar-refractivity contribution in [1.82, 2.24) is 0 Å². The SMILES string of the molecule is CC(C)C(C)CCC(C)C1CCC2C3=CC(O)C4(O)CC(O)CCC4(C)C3CCC21C. The molecular weight excluding hydrogens is 384 g/mol. The van der Waals surface area contributed by atoms with Gasteiger partial charge in [-0.05, 0) is 79.4 Å². The van der Waals surface area contributed by atoms with Crippen molar-refractivity contribution >= 4 is 0 Å². The van der Waals surface area contributed by atoms with Gasteiger partial charge in [0.25, 0.3) is 0 Å². The smallest absolute Gasteiger partial charge is 0.102 e. The molecule has 0 heterocycles. The van der Waals surface area contributed by atoms with Crippen LogP contribution in [0.2, 0.25) is 0 Å². The largest absolute Gasteiger partial charge is 0.393 e. The molecule has 0 radical (unpaired) electrons. The lowest BCUT2D eigenvalue weighted by Gasteiger charge is -2.62. The second-order valence-corrected chi connectivity index (χ2v) is 13.0. The van der Waals surface area contributed by atoms with Crippen LogP contribution in [-0.2, 0) is 0 Å². The molecule has 10 atom stereocenters. The fraction of sp³-hybridized carbons (Fsp3) is 0.929. The first kappa shape index (κ1) is 23.8. The molecule has 0 saturated heterocycles. The lowest BCUT2D eigenvalue weighted by atomic mass is 9.45. The van der Waals surface area contributed by atoms with Gasteiger partial charge in [0, 0.05) is 11.8 Å². The van der Waals surface area contributed by atoms with Crippen LogP contribution < -0.4 is 0 Å². The topological polar surface area (TPSA) is 60.7 Å². The summed E-state index contributed by atoms with van der Waals surface area (Å²) in [5.74, 6) is 3.96. The van der Waals surface area contributed by atoms with Gasteiger partial charge in [-0.25, -0.2) is 0 Å². The lowest BCUT2D eigenvalue weighted by molar-refractivity contribution is -0.210. The Morgan fingerprint density at radius 3 is 2.32 bits per heavy atom. The highest BCUT2D eigenvalue weighted by atomic mass is 16.3. The zero-order chi connectivity index (χ0) is 22.8. The van der Waals surface area contributed by atoms with Crippen molar-refractivity contribution in [3.05, 3.63) is 11.6 Å². The molecule has 31 heavy (non-hydrogen) atoms. The minimum atomic E-state index is -1.19. The zero-order valence-electron chi connectivity index (χ0n) is 20.9. The van der Waals surface area contributed by atoms with Gasteiger partial charge in [-0.2, -0.15) is 0 Å². The molecule has 3 nitrogen and oxygen atoms in total. The van der Waals surface area contributed by atoms with Crippen molar-refractivity contribution in [3.63, 3.8) is 0 Å². The summed E-state index contributed by atoms with van der Waals surface area (Å²) >= 11 is 0. The van der Waals surface area contributed by atoms with E-state index in [1.54, 1.807) is 0 Å². The Morgan fingerprint density at radius 2 is 1.65 bits per heavy atom. The van der Waals surface area contributed by atoms with E-state index in [1.165, 1.54) is 37.7 Å². The second-order valence-electron chi connectivity index (χ2n) is 13.0. The maximum atomic E-state index is 11.6. The van der Waals surface area contributed by atoms with Crippen molar-refractivity contribution < 1.29 is 15.3 Å². The number of allylic oxidation sites excluding steroid dienone is 1. The molecule has 0 aliphatic heterocycles. The first-order valence-electron chi connectivity index (χ1n) is 13.2. The molecule has 3 heteroatoms. The van der Waals surface area contributed by atoms with E-state index in [2.05, 4.69) is 41.5 Å². The highest BCUT2D eigenvalue weighted by molar-refractivity contribution is 5.33. The first-order chi connectivity index (χ1) is 14.4. The van der Waals surface area contributed by atoms with Gasteiger partial charge in [0.15, 0.2) is 0 Å². The standard InChI is InChI=1S/C28H48O3/c1-17(2)18(3)7-8-19(4)22-9-10-23-21-15-25(30)28(31)16-20(29)11-14-27(28,6)24(21)12-13-26(22,23)5/h15,17-20,22-25,29-31H,7-14,16H2,1-6H3. The van der Waals surface area contributed by atoms with Gasteiger partial charge in [-0.1, -0.05) is 66.0 Å². The molecule has 3 fully saturated rings. The Kier molecular flexibility index (Phi) is 6.24. The molecule has 3 saturated carbocycles. The zero-order valence-corrected chi connectivity index (χ0v) is 20.9. The van der Waals surface area contributed by atoms with Gasteiger partial charge in [0.2, 0.25) is 0 Å². The van der Waals surface area contributed by atoms with Gasteiger partial charge < -0.3 is 15.3 Å². The Labute approximate surface area is 190 Å². The monoisotopic (exact) mass is 432 g/mol. The number of rotatable bonds is 5. The summed E-state index contributed by atoms with van der Waals surface area (Å²) in [4.78, 5) is 0. The average molecular weight is 433 g/mol. The third-order valence-electron chi connectivity index (χ3n) is 11.2. The Hall–Kier alpha value is -0.380. The number of fused-ring (bicyclic) bond motifs is 5. The molecule has 4 aliphatic carbocycles. The van der Waals surface area contributed by atoms with Gasteiger partial charge in [-0.3, -0.25) is 0 Å². The molecule has 0 spiro atoms. The van der Waals surface area contributed by atoms with Crippen molar-refractivity contribution in [2.24, 2.45) is 46.3 Å². The molecule has 0 aromatic heterocycles. The molecular formula is C28H48O3. The molecule has 4 aliphatic rings. The molecule has 0 amide bonds. The van der Waals surface area contributed by atoms with Crippen LogP contribution in [0.25, 0.3) is 0 Å². The quantitative estimate of drug-likeness (QED) is 0.487. The van der Waals surface area contributed by atoms with Crippen molar-refractivity contribution in [2.75, 3.05) is 0 Å². The summed E-state index contributed by atoms with van der Waals surface area (Å²) in [5.41, 5.74) is 0.260. The summed E-state index contributed by atoms with van der Waals surface area (Å²) in [6.45, 7) is 14.3. The molecule has 0 bridgehead atoms. The molecule has 4 rings (SSSR count). The van der Waals surface area contributed by atoms with Crippen LogP contribution in [0, 0.1) is 46.3 Å². The molecule has 10 unspecified atom stereocenters. The van der Waals surface area contributed by atoms with E-state index in [1.807, 2.05) is 6.08 Å². The minimum absolute atomic E-state index is 0.306. The highest BCUT2D eigenvalue weighted by Gasteiger charge is 2.64. The predicted molar refractivity (Wildman–Crippen MR) is 126 cm³/mol. The summed E-state index contributed by atoms with van der Waals surface area (Å²) < 4.78 is 0. The average Bonchev–Trinajstić information content (AvgIpc) is 3.05. The van der Waals surface area contributed by atoms with Gasteiger partial charge in [0.1, 0.15) is 11.7 Å². The number of hydrogen-bond acceptors (Lipinski definition) is 3. The van der Waals surface area contributed by atoms with Gasteiger partial charge in [0.05, 0.1) is 6.10 Å². The van der Waals surface area contributed by atoms with E-state index >= 15 is 0 Å². The van der Waals surface area contributed by atoms with Gasteiger partial charge in [-0.15, -0.1) is 0 Å². The van der Waals surface area contributed by atoms with E-state index in [0.717, 1.165) is 42.9 Å². The van der Waals surface area contributed by atoms with E-state index in [-0.39, 0.29) is 5.41 Å². The van der Waals surface area contributed by atoms with E-state index in [9.17, 15) is 15.3 Å². The van der Waals surface area contributed by atoms with Crippen LogP contribution in [0.1, 0.15) is 99.3 Å². The van der Waals surface area contributed by atoms with Crippen molar-refractivity contribution in [1.29, 1.82) is 0 Å². The van der Waals surface area contributed by atoms with Crippen LogP contribution in [-0.4, -0.2) is 33.1 Å². The number of aliphatic hydroxyl groups excluding tert-OH is 2. The first-order valence-corrected chi connectivity index (χ1v) is 13.2. The summed E-state index contributed by atoms with van der Waals surface area (Å²) in [7, 11) is 0. The highest BCUT2D eigenvalue weighted by Crippen LogP contribution is 2.67. The van der Waals surface area contributed by atoms with Crippen LogP contribution >= 0.6 is 0 Å². The Bertz CT molecular complexity index is 700. The Morgan fingerprint density at radius 1 is 0.935 bits per heavy atom. The van der Waals surface area contributed by atoms with Crippen LogP contribution in [0.3, 0.4) is 0 Å². The van der Waals surface area contributed by atoms with Crippen LogP contribution in [0.5, 0.6) is 0 Å². The van der Waals surface area contributed by atoms with Crippen molar-refractivity contribution in [2.45, 2.75) is 117 Å². The maximum absolute atomic E-state index is 11.6. The number of aliphatic hydroxyl groups is 3. The lowest BCUT2D eigenvalue weighted by Crippen LogP contribution is -2.65. The summed E-state index contributed by atoms with van der Waals surface area (Å²) in [5, 5.41) is 33.0. The minimum Gasteiger partial charge on any atom is -0.393 e. The molecule has 0 aromatic carbocycles. The van der Waals surface area contributed by atoms with Crippen LogP contribution in [0.4, 0.5) is 0 Å². The molecule has 3 N–H and O–H groups in total. The third kappa shape index (κ3) is 3.56. The van der Waals surface area contributed by atoms with E-state index in [4.69, 9.17) is 0 Å². The Balaban J connectivity index is 1.57. The summed E-state index contributed by atoms with van der Waals surface area (Å²) in [6.07, 6.45) is 10.1. The normalized spacial score (nSPS) is 49.1. The van der Waals surface area contributed by atoms with Crippen molar-refractivity contribution in [3.8, 4) is 0 Å². The predicted octanol–water partition coefficient (Wildman–Crippen LogP) is 5.72. The molecule has 0 aromatic rings. The van der Waals surface area contributed by atoms with E-state index in [0.29, 0.717) is 23.7 Å². The second kappa shape index (κ2) is 8.13. The number of hydrogen-bond donors (Lipinski definition) is 3. The van der Waals surface area contributed by atoms with Gasteiger partial charge >= 0.3 is 0 Å². The fourth-order valence-electron chi connectivity index (χ4n) is 8.58. The summed E-state index contributed by atoms with van der Waals surface area (Å²) in [6, 6.07) is 0. The third-order valence-corrected chi connectivity index (χ3v) is 11.2. The maximum Gasteiger partial charge on any atom is 0.102 e. The van der Waals surface area contributed by atoms with E-state index < -0.39 is 17.8 Å².